The molecule has 0 bridgehead atoms. The molecule has 108 valence electrons. The summed E-state index contributed by atoms with van der Waals surface area (Å²) < 4.78 is 0. The number of likely N-dealkylation sites (N-methyl/N-ethyl adjacent to an activating group) is 1. The number of likely N-dealkylation sites (tertiary alicyclic amines) is 1. The average molecular weight is 275 g/mol. The number of rotatable bonds is 3. The molecule has 20 heavy (non-hydrogen) atoms. The van der Waals surface area contributed by atoms with Crippen LogP contribution in [-0.4, -0.2) is 42.9 Å². The van der Waals surface area contributed by atoms with E-state index in [2.05, 4.69) is 22.6 Å². The van der Waals surface area contributed by atoms with Crippen LogP contribution in [0.2, 0.25) is 0 Å². The van der Waals surface area contributed by atoms with Crippen LogP contribution in [0.25, 0.3) is 0 Å². The van der Waals surface area contributed by atoms with Crippen molar-refractivity contribution in [3.8, 4) is 0 Å². The smallest absolute Gasteiger partial charge is 0.319 e. The Balaban J connectivity index is 1.86. The van der Waals surface area contributed by atoms with Gasteiger partial charge in [-0.1, -0.05) is 0 Å². The van der Waals surface area contributed by atoms with Crippen LogP contribution >= 0.6 is 0 Å². The third-order valence-electron chi connectivity index (χ3n) is 3.51. The van der Waals surface area contributed by atoms with Gasteiger partial charge < -0.3 is 15.5 Å². The molecule has 0 aliphatic carbocycles. The number of carbonyl (C=O) groups excluding carboxylic acids is 2. The van der Waals surface area contributed by atoms with Crippen LogP contribution in [0.4, 0.5) is 10.5 Å². The van der Waals surface area contributed by atoms with Crippen molar-refractivity contribution in [3.63, 3.8) is 0 Å². The van der Waals surface area contributed by atoms with Crippen molar-refractivity contribution in [2.75, 3.05) is 25.5 Å². The number of anilines is 1. The van der Waals surface area contributed by atoms with Gasteiger partial charge in [0.1, 0.15) is 0 Å². The third-order valence-corrected chi connectivity index (χ3v) is 3.51. The zero-order chi connectivity index (χ0) is 14.5. The molecule has 1 heterocycles. The van der Waals surface area contributed by atoms with Gasteiger partial charge in [0.15, 0.2) is 5.78 Å². The van der Waals surface area contributed by atoms with Crippen molar-refractivity contribution in [2.24, 2.45) is 0 Å². The molecule has 0 radical (unpaired) electrons. The second kappa shape index (κ2) is 6.52. The molecule has 0 saturated carbocycles. The number of amides is 2. The van der Waals surface area contributed by atoms with Crippen molar-refractivity contribution < 1.29 is 9.59 Å². The summed E-state index contributed by atoms with van der Waals surface area (Å²) >= 11 is 0. The minimum atomic E-state index is -0.194. The highest BCUT2D eigenvalue weighted by Gasteiger charge is 2.18. The number of piperidine rings is 1. The average Bonchev–Trinajstić information content (AvgIpc) is 2.39. The number of nitrogens with zero attached hydrogens (tertiary/aromatic N) is 1. The molecule has 2 rings (SSSR count). The van der Waals surface area contributed by atoms with Crippen molar-refractivity contribution in [1.82, 2.24) is 10.2 Å². The first kappa shape index (κ1) is 14.5. The maximum Gasteiger partial charge on any atom is 0.319 e. The van der Waals surface area contributed by atoms with Crippen LogP contribution in [0.1, 0.15) is 30.1 Å². The van der Waals surface area contributed by atoms with Gasteiger partial charge in [0.05, 0.1) is 0 Å². The topological polar surface area (TPSA) is 61.4 Å². The van der Waals surface area contributed by atoms with E-state index in [0.29, 0.717) is 11.3 Å². The van der Waals surface area contributed by atoms with Crippen LogP contribution in [-0.2, 0) is 0 Å². The van der Waals surface area contributed by atoms with Gasteiger partial charge in [-0.25, -0.2) is 4.79 Å². The van der Waals surface area contributed by atoms with E-state index in [-0.39, 0.29) is 17.9 Å². The first-order valence-corrected chi connectivity index (χ1v) is 6.91. The zero-order valence-corrected chi connectivity index (χ0v) is 12.0. The number of benzene rings is 1. The molecule has 5 heteroatoms. The number of Topliss-reactive ketones (excluding diaryl/α,β-unsaturated/α-hetero) is 1. The number of hydrogen-bond donors (Lipinski definition) is 2. The lowest BCUT2D eigenvalue weighted by Gasteiger charge is -2.30. The van der Waals surface area contributed by atoms with Gasteiger partial charge in [0.2, 0.25) is 0 Å². The molecule has 1 aliphatic rings. The molecule has 0 spiro atoms. The predicted molar refractivity (Wildman–Crippen MR) is 79.1 cm³/mol. The number of urea groups is 1. The Morgan fingerprint density at radius 3 is 2.55 bits per heavy atom. The van der Waals surface area contributed by atoms with E-state index in [1.165, 1.54) is 6.92 Å². The summed E-state index contributed by atoms with van der Waals surface area (Å²) in [6.07, 6.45) is 2.12. The lowest BCUT2D eigenvalue weighted by molar-refractivity contribution is 0.101. The van der Waals surface area contributed by atoms with Crippen LogP contribution in [0.15, 0.2) is 24.3 Å². The molecule has 1 aromatic rings. The zero-order valence-electron chi connectivity index (χ0n) is 12.0. The fraction of sp³-hybridized carbons (Fsp3) is 0.467. The van der Waals surface area contributed by atoms with E-state index in [4.69, 9.17) is 0 Å². The Kier molecular flexibility index (Phi) is 4.74. The molecule has 1 fully saturated rings. The van der Waals surface area contributed by atoms with E-state index in [1.807, 2.05) is 0 Å². The highest BCUT2D eigenvalue weighted by atomic mass is 16.2. The van der Waals surface area contributed by atoms with E-state index in [1.54, 1.807) is 24.3 Å². The third kappa shape index (κ3) is 4.06. The Hall–Kier alpha value is -1.88. The van der Waals surface area contributed by atoms with Gasteiger partial charge in [-0.3, -0.25) is 4.79 Å². The van der Waals surface area contributed by atoms with Crippen LogP contribution in [0.3, 0.4) is 0 Å². The largest absolute Gasteiger partial charge is 0.334 e. The summed E-state index contributed by atoms with van der Waals surface area (Å²) in [6, 6.07) is 6.91. The molecular weight excluding hydrogens is 254 g/mol. The van der Waals surface area contributed by atoms with E-state index >= 15 is 0 Å². The molecular formula is C15H21N3O2. The summed E-state index contributed by atoms with van der Waals surface area (Å²) in [5.74, 6) is 0.0197. The van der Waals surface area contributed by atoms with Crippen LogP contribution in [0, 0.1) is 0 Å². The molecule has 1 unspecified atom stereocenters. The summed E-state index contributed by atoms with van der Waals surface area (Å²) in [4.78, 5) is 25.3. The summed E-state index contributed by atoms with van der Waals surface area (Å²) in [5.41, 5.74) is 1.33. The monoisotopic (exact) mass is 275 g/mol. The molecule has 2 N–H and O–H groups in total. The minimum Gasteiger partial charge on any atom is -0.334 e. The fourth-order valence-electron chi connectivity index (χ4n) is 2.43. The second-order valence-electron chi connectivity index (χ2n) is 5.33. The van der Waals surface area contributed by atoms with Crippen molar-refractivity contribution in [3.05, 3.63) is 29.8 Å². The lowest BCUT2D eigenvalue weighted by Crippen LogP contribution is -2.47. The van der Waals surface area contributed by atoms with Gasteiger partial charge in [0, 0.05) is 23.8 Å². The Labute approximate surface area is 119 Å². The Bertz CT molecular complexity index is 484. The molecule has 2 amide bonds. The Morgan fingerprint density at radius 2 is 1.95 bits per heavy atom. The van der Waals surface area contributed by atoms with Gasteiger partial charge in [-0.15, -0.1) is 0 Å². The van der Waals surface area contributed by atoms with Crippen LogP contribution < -0.4 is 10.6 Å². The molecule has 1 atom stereocenters. The molecule has 5 nitrogen and oxygen atoms in total. The van der Waals surface area contributed by atoms with Crippen molar-refractivity contribution in [2.45, 2.75) is 25.8 Å². The maximum absolute atomic E-state index is 11.9. The lowest BCUT2D eigenvalue weighted by atomic mass is 10.1. The van der Waals surface area contributed by atoms with Gasteiger partial charge >= 0.3 is 6.03 Å². The van der Waals surface area contributed by atoms with E-state index in [0.717, 1.165) is 25.9 Å². The van der Waals surface area contributed by atoms with Gasteiger partial charge in [-0.2, -0.15) is 0 Å². The highest BCUT2D eigenvalue weighted by Crippen LogP contribution is 2.11. The number of nitrogens with one attached hydrogen (secondary N) is 2. The maximum atomic E-state index is 11.9. The SMILES string of the molecule is CC(=O)c1ccc(NC(=O)NC2CCCN(C)C2)cc1. The quantitative estimate of drug-likeness (QED) is 0.830. The highest BCUT2D eigenvalue weighted by molar-refractivity contribution is 5.95. The first-order chi connectivity index (χ1) is 9.54. The fourth-order valence-corrected chi connectivity index (χ4v) is 2.43. The number of hydrogen-bond acceptors (Lipinski definition) is 3. The van der Waals surface area contributed by atoms with Gasteiger partial charge in [-0.05, 0) is 57.6 Å². The molecule has 1 saturated heterocycles. The number of ketones is 1. The normalized spacial score (nSPS) is 19.4. The first-order valence-electron chi connectivity index (χ1n) is 6.91. The molecule has 1 aromatic carbocycles. The van der Waals surface area contributed by atoms with E-state index in [9.17, 15) is 9.59 Å². The standard InChI is InChI=1S/C15H21N3O2/c1-11(19)12-5-7-13(8-6-12)16-15(20)17-14-4-3-9-18(2)10-14/h5-8,14H,3-4,9-10H2,1-2H3,(H2,16,17,20). The van der Waals surface area contributed by atoms with Crippen molar-refractivity contribution >= 4 is 17.5 Å². The summed E-state index contributed by atoms with van der Waals surface area (Å²) in [7, 11) is 2.06. The van der Waals surface area contributed by atoms with Crippen LogP contribution in [0.5, 0.6) is 0 Å². The summed E-state index contributed by atoms with van der Waals surface area (Å²) in [5, 5.41) is 5.77. The van der Waals surface area contributed by atoms with Gasteiger partial charge in [0.25, 0.3) is 0 Å². The summed E-state index contributed by atoms with van der Waals surface area (Å²) in [6.45, 7) is 3.50. The van der Waals surface area contributed by atoms with E-state index < -0.39 is 0 Å². The second-order valence-corrected chi connectivity index (χ2v) is 5.33. The predicted octanol–water partition coefficient (Wildman–Crippen LogP) is 2.10. The molecule has 0 aromatic heterocycles. The minimum absolute atomic E-state index is 0.0197. The van der Waals surface area contributed by atoms with Crippen molar-refractivity contribution in [1.29, 1.82) is 0 Å². The Morgan fingerprint density at radius 1 is 1.25 bits per heavy atom. The number of carbonyl (C=O) groups is 2. The molecule has 1 aliphatic heterocycles.